The molecule has 2 aliphatic rings. The molecule has 1 aliphatic carbocycles. The van der Waals surface area contributed by atoms with Crippen molar-refractivity contribution in [2.45, 2.75) is 31.5 Å². The van der Waals surface area contributed by atoms with Gasteiger partial charge in [0.05, 0.1) is 31.5 Å². The van der Waals surface area contributed by atoms with Gasteiger partial charge in [-0.25, -0.2) is 0 Å². The molecule has 0 radical (unpaired) electrons. The predicted molar refractivity (Wildman–Crippen MR) is 59.0 cm³/mol. The van der Waals surface area contributed by atoms with Crippen molar-refractivity contribution in [1.29, 1.82) is 0 Å². The number of amides is 1. The van der Waals surface area contributed by atoms with Gasteiger partial charge in [0.2, 0.25) is 5.91 Å². The SMILES string of the molecule is COCCOCCN1C(=O)C2(CC2)NC1C. The number of nitrogens with zero attached hydrogens (tertiary/aromatic N) is 1. The van der Waals surface area contributed by atoms with Crippen LogP contribution >= 0.6 is 0 Å². The fourth-order valence-electron chi connectivity index (χ4n) is 2.18. The molecular formula is C11H20N2O3. The molecule has 1 atom stereocenters. The second kappa shape index (κ2) is 4.69. The van der Waals surface area contributed by atoms with E-state index in [0.29, 0.717) is 26.4 Å². The first kappa shape index (κ1) is 11.8. The maximum atomic E-state index is 12.0. The quantitative estimate of drug-likeness (QED) is 0.648. The summed E-state index contributed by atoms with van der Waals surface area (Å²) in [5.74, 6) is 0.246. The van der Waals surface area contributed by atoms with Gasteiger partial charge in [0, 0.05) is 13.7 Å². The zero-order chi connectivity index (χ0) is 11.6. The molecule has 1 saturated carbocycles. The van der Waals surface area contributed by atoms with Crippen molar-refractivity contribution in [1.82, 2.24) is 10.2 Å². The van der Waals surface area contributed by atoms with Gasteiger partial charge in [-0.1, -0.05) is 0 Å². The van der Waals surface area contributed by atoms with Crippen LogP contribution < -0.4 is 5.32 Å². The first-order chi connectivity index (χ1) is 7.69. The van der Waals surface area contributed by atoms with E-state index in [-0.39, 0.29) is 17.6 Å². The highest BCUT2D eigenvalue weighted by atomic mass is 16.5. The van der Waals surface area contributed by atoms with Crippen LogP contribution in [0.25, 0.3) is 0 Å². The molecule has 0 bridgehead atoms. The summed E-state index contributed by atoms with van der Waals surface area (Å²) in [7, 11) is 1.65. The van der Waals surface area contributed by atoms with E-state index in [1.165, 1.54) is 0 Å². The molecule has 0 aromatic rings. The average molecular weight is 228 g/mol. The number of nitrogens with one attached hydrogen (secondary N) is 1. The highest BCUT2D eigenvalue weighted by Crippen LogP contribution is 2.41. The van der Waals surface area contributed by atoms with Gasteiger partial charge in [0.25, 0.3) is 0 Å². The molecule has 1 saturated heterocycles. The van der Waals surface area contributed by atoms with E-state index >= 15 is 0 Å². The number of hydrogen-bond acceptors (Lipinski definition) is 4. The molecule has 0 aromatic heterocycles. The molecule has 2 rings (SSSR count). The Labute approximate surface area is 96.1 Å². The van der Waals surface area contributed by atoms with Gasteiger partial charge in [-0.05, 0) is 19.8 Å². The van der Waals surface area contributed by atoms with Crippen LogP contribution in [0.1, 0.15) is 19.8 Å². The van der Waals surface area contributed by atoms with E-state index < -0.39 is 0 Å². The largest absolute Gasteiger partial charge is 0.382 e. The Kier molecular flexibility index (Phi) is 3.47. The van der Waals surface area contributed by atoms with Crippen LogP contribution in [-0.4, -0.2) is 56.0 Å². The number of methoxy groups -OCH3 is 1. The molecule has 5 heteroatoms. The van der Waals surface area contributed by atoms with E-state index in [9.17, 15) is 4.79 Å². The van der Waals surface area contributed by atoms with Crippen molar-refractivity contribution in [3.8, 4) is 0 Å². The number of ether oxygens (including phenoxy) is 2. The number of hydrogen-bond donors (Lipinski definition) is 1. The third-order valence-corrected chi connectivity index (χ3v) is 3.28. The zero-order valence-corrected chi connectivity index (χ0v) is 9.99. The molecule has 0 aromatic carbocycles. The lowest BCUT2D eigenvalue weighted by Crippen LogP contribution is -2.37. The Balaban J connectivity index is 1.71. The Morgan fingerprint density at radius 1 is 1.44 bits per heavy atom. The van der Waals surface area contributed by atoms with Crippen LogP contribution in [0.2, 0.25) is 0 Å². The van der Waals surface area contributed by atoms with Gasteiger partial charge < -0.3 is 14.4 Å². The Bertz CT molecular complexity index is 266. The Morgan fingerprint density at radius 2 is 2.19 bits per heavy atom. The molecule has 5 nitrogen and oxygen atoms in total. The number of carbonyl (C=O) groups is 1. The van der Waals surface area contributed by atoms with Crippen molar-refractivity contribution < 1.29 is 14.3 Å². The summed E-state index contributed by atoms with van der Waals surface area (Å²) in [6, 6.07) is 0. The van der Waals surface area contributed by atoms with Crippen LogP contribution in [0.5, 0.6) is 0 Å². The second-order valence-electron chi connectivity index (χ2n) is 4.51. The third-order valence-electron chi connectivity index (χ3n) is 3.28. The molecule has 2 fully saturated rings. The van der Waals surface area contributed by atoms with E-state index in [0.717, 1.165) is 12.8 Å². The fourth-order valence-corrected chi connectivity index (χ4v) is 2.18. The van der Waals surface area contributed by atoms with Gasteiger partial charge in [0.1, 0.15) is 0 Å². The van der Waals surface area contributed by atoms with E-state index in [1.807, 2.05) is 11.8 Å². The van der Waals surface area contributed by atoms with Gasteiger partial charge in [-0.15, -0.1) is 0 Å². The van der Waals surface area contributed by atoms with E-state index in [2.05, 4.69) is 5.32 Å². The standard InChI is InChI=1S/C11H20N2O3/c1-9-12-11(3-4-11)10(14)13(9)5-6-16-8-7-15-2/h9,12H,3-8H2,1-2H3. The summed E-state index contributed by atoms with van der Waals surface area (Å²) >= 11 is 0. The maximum Gasteiger partial charge on any atom is 0.244 e. The second-order valence-corrected chi connectivity index (χ2v) is 4.51. The predicted octanol–water partition coefficient (Wildman–Crippen LogP) is -0.0402. The first-order valence-corrected chi connectivity index (χ1v) is 5.85. The lowest BCUT2D eigenvalue weighted by molar-refractivity contribution is -0.131. The molecule has 1 aliphatic heterocycles. The minimum atomic E-state index is -0.202. The summed E-state index contributed by atoms with van der Waals surface area (Å²) < 4.78 is 10.3. The summed E-state index contributed by atoms with van der Waals surface area (Å²) in [5, 5.41) is 3.35. The third kappa shape index (κ3) is 2.21. The van der Waals surface area contributed by atoms with Crippen molar-refractivity contribution in [3.05, 3.63) is 0 Å². The van der Waals surface area contributed by atoms with Crippen LogP contribution in [0.3, 0.4) is 0 Å². The fraction of sp³-hybridized carbons (Fsp3) is 0.909. The molecule has 1 spiro atoms. The van der Waals surface area contributed by atoms with Gasteiger partial charge in [-0.3, -0.25) is 10.1 Å². The highest BCUT2D eigenvalue weighted by molar-refractivity contribution is 5.91. The maximum absolute atomic E-state index is 12.0. The monoisotopic (exact) mass is 228 g/mol. The van der Waals surface area contributed by atoms with Crippen molar-refractivity contribution in [2.24, 2.45) is 0 Å². The number of carbonyl (C=O) groups excluding carboxylic acids is 1. The average Bonchev–Trinajstić information content (AvgIpc) is 2.98. The summed E-state index contributed by atoms with van der Waals surface area (Å²) in [4.78, 5) is 13.9. The molecule has 16 heavy (non-hydrogen) atoms. The molecule has 1 N–H and O–H groups in total. The summed E-state index contributed by atoms with van der Waals surface area (Å²) in [5.41, 5.74) is -0.202. The minimum absolute atomic E-state index is 0.140. The first-order valence-electron chi connectivity index (χ1n) is 5.85. The van der Waals surface area contributed by atoms with Crippen molar-refractivity contribution >= 4 is 5.91 Å². The van der Waals surface area contributed by atoms with E-state index in [4.69, 9.17) is 9.47 Å². The lowest BCUT2D eigenvalue weighted by atomic mass is 10.3. The molecule has 1 unspecified atom stereocenters. The topological polar surface area (TPSA) is 50.8 Å². The van der Waals surface area contributed by atoms with Crippen molar-refractivity contribution in [2.75, 3.05) is 33.5 Å². The molecule has 1 heterocycles. The lowest BCUT2D eigenvalue weighted by Gasteiger charge is -2.20. The Morgan fingerprint density at radius 3 is 2.75 bits per heavy atom. The zero-order valence-electron chi connectivity index (χ0n) is 9.99. The molecular weight excluding hydrogens is 208 g/mol. The molecule has 92 valence electrons. The Hall–Kier alpha value is -0.650. The van der Waals surface area contributed by atoms with Gasteiger partial charge in [-0.2, -0.15) is 0 Å². The number of rotatable bonds is 6. The van der Waals surface area contributed by atoms with E-state index in [1.54, 1.807) is 7.11 Å². The summed E-state index contributed by atoms with van der Waals surface area (Å²) in [6.45, 7) is 4.47. The van der Waals surface area contributed by atoms with Gasteiger partial charge >= 0.3 is 0 Å². The molecule has 1 amide bonds. The highest BCUT2D eigenvalue weighted by Gasteiger charge is 2.57. The van der Waals surface area contributed by atoms with Crippen LogP contribution in [-0.2, 0) is 14.3 Å². The minimum Gasteiger partial charge on any atom is -0.382 e. The normalized spacial score (nSPS) is 26.8. The smallest absolute Gasteiger partial charge is 0.244 e. The van der Waals surface area contributed by atoms with Crippen LogP contribution in [0, 0.1) is 0 Å². The summed E-state index contributed by atoms with van der Waals surface area (Å²) in [6.07, 6.45) is 2.11. The van der Waals surface area contributed by atoms with Gasteiger partial charge in [0.15, 0.2) is 0 Å². The van der Waals surface area contributed by atoms with Crippen molar-refractivity contribution in [3.63, 3.8) is 0 Å². The van der Waals surface area contributed by atoms with Crippen LogP contribution in [0.4, 0.5) is 0 Å². The van der Waals surface area contributed by atoms with Crippen LogP contribution in [0.15, 0.2) is 0 Å².